The second-order valence-electron chi connectivity index (χ2n) is 5.19. The third kappa shape index (κ3) is 2.45. The lowest BCUT2D eigenvalue weighted by Crippen LogP contribution is -2.43. The molecule has 0 amide bonds. The molecule has 3 rings (SSSR count). The van der Waals surface area contributed by atoms with Crippen molar-refractivity contribution in [3.8, 4) is 0 Å². The Morgan fingerprint density at radius 3 is 3.00 bits per heavy atom. The highest BCUT2D eigenvalue weighted by molar-refractivity contribution is 7.94. The fourth-order valence-electron chi connectivity index (χ4n) is 2.92. The van der Waals surface area contributed by atoms with Crippen LogP contribution in [0.3, 0.4) is 0 Å². The lowest BCUT2D eigenvalue weighted by Gasteiger charge is -2.35. The maximum atomic E-state index is 11.9. The van der Waals surface area contributed by atoms with E-state index in [9.17, 15) is 8.76 Å². The molecule has 8 heteroatoms. The van der Waals surface area contributed by atoms with Gasteiger partial charge in [-0.05, 0) is 19.3 Å². The van der Waals surface area contributed by atoms with Crippen molar-refractivity contribution in [2.45, 2.75) is 38.4 Å². The Bertz CT molecular complexity index is 511. The van der Waals surface area contributed by atoms with Gasteiger partial charge in [-0.25, -0.2) is 0 Å². The van der Waals surface area contributed by atoms with E-state index < -0.39 is 10.4 Å². The van der Waals surface area contributed by atoms with Crippen molar-refractivity contribution >= 4 is 10.4 Å². The highest BCUT2D eigenvalue weighted by Gasteiger charge is 2.37. The van der Waals surface area contributed by atoms with E-state index in [1.165, 1.54) is 6.26 Å². The van der Waals surface area contributed by atoms with Gasteiger partial charge in [0.25, 0.3) is 0 Å². The fraction of sp³-hybridized carbons (Fsp3) is 0.818. The molecule has 106 valence electrons. The van der Waals surface area contributed by atoms with Gasteiger partial charge in [-0.2, -0.15) is 0 Å². The minimum absolute atomic E-state index is 0.150. The zero-order chi connectivity index (χ0) is 13.5. The summed E-state index contributed by atoms with van der Waals surface area (Å²) in [4.78, 5) is 0. The van der Waals surface area contributed by atoms with E-state index in [0.717, 1.165) is 44.0 Å². The molecular formula is C11H19N5O2S. The summed E-state index contributed by atoms with van der Waals surface area (Å²) in [5.74, 6) is 1.71. The summed E-state index contributed by atoms with van der Waals surface area (Å²) in [7, 11) is -3.19. The minimum atomic E-state index is -3.19. The number of nitrogens with zero attached hydrogens (tertiary/aromatic N) is 4. The monoisotopic (exact) mass is 285 g/mol. The standard InChI is InChI=1S/C11H19N5O2S/c1-19(17,18)16-6-3-2-4-9(16)11-14-13-10-8-12-5-7-15(10)11/h9,12H,2-8H2,1H3. The predicted octanol–water partition coefficient (Wildman–Crippen LogP) is 0.0830. The van der Waals surface area contributed by atoms with Crippen LogP contribution in [0.25, 0.3) is 0 Å². The Balaban J connectivity index is 1.95. The molecule has 2 aliphatic heterocycles. The zero-order valence-electron chi connectivity index (χ0n) is 11.0. The Labute approximate surface area is 113 Å². The molecule has 0 spiro atoms. The highest BCUT2D eigenvalue weighted by atomic mass is 32.3. The average molecular weight is 285 g/mol. The second-order valence-corrected chi connectivity index (χ2v) is 7.12. The Hall–Kier alpha value is -0.830. The van der Waals surface area contributed by atoms with Gasteiger partial charge in [0.2, 0.25) is 0 Å². The van der Waals surface area contributed by atoms with Gasteiger partial charge in [0.05, 0.1) is 6.54 Å². The van der Waals surface area contributed by atoms with Crippen molar-refractivity contribution in [3.63, 3.8) is 0 Å². The van der Waals surface area contributed by atoms with Crippen LogP contribution in [0.1, 0.15) is 37.0 Å². The summed E-state index contributed by atoms with van der Waals surface area (Å²) < 4.78 is 27.5. The van der Waals surface area contributed by atoms with Gasteiger partial charge in [0.15, 0.2) is 5.82 Å². The summed E-state index contributed by atoms with van der Waals surface area (Å²) in [5.41, 5.74) is 0. The summed E-state index contributed by atoms with van der Waals surface area (Å²) in [6, 6.07) is -0.150. The van der Waals surface area contributed by atoms with Crippen molar-refractivity contribution in [1.82, 2.24) is 24.4 Å². The van der Waals surface area contributed by atoms with E-state index in [1.807, 2.05) is 0 Å². The number of sulfonamides is 1. The average Bonchev–Trinajstić information content (AvgIpc) is 2.81. The molecule has 2 unspecified atom stereocenters. The number of hydrogen-bond donors (Lipinski definition) is 1. The molecule has 0 aliphatic carbocycles. The summed E-state index contributed by atoms with van der Waals surface area (Å²) in [6.45, 7) is 2.98. The van der Waals surface area contributed by atoms with Crippen LogP contribution in [0.2, 0.25) is 0 Å². The van der Waals surface area contributed by atoms with Crippen LogP contribution in [-0.4, -0.2) is 43.0 Å². The van der Waals surface area contributed by atoms with Crippen molar-refractivity contribution in [1.29, 1.82) is 0 Å². The molecule has 3 heterocycles. The van der Waals surface area contributed by atoms with Gasteiger partial charge < -0.3 is 14.4 Å². The first-order valence-corrected chi connectivity index (χ1v) is 8.52. The van der Waals surface area contributed by atoms with Crippen LogP contribution < -0.4 is 5.32 Å². The lowest BCUT2D eigenvalue weighted by molar-refractivity contribution is 0.222. The van der Waals surface area contributed by atoms with Crippen LogP contribution >= 0.6 is 0 Å². The first-order chi connectivity index (χ1) is 9.07. The van der Waals surface area contributed by atoms with E-state index in [-0.39, 0.29) is 6.04 Å². The van der Waals surface area contributed by atoms with E-state index in [4.69, 9.17) is 0 Å². The van der Waals surface area contributed by atoms with Crippen LogP contribution in [0.4, 0.5) is 0 Å². The van der Waals surface area contributed by atoms with Gasteiger partial charge in [-0.3, -0.25) is 0 Å². The van der Waals surface area contributed by atoms with Gasteiger partial charge >= 0.3 is 0 Å². The fourth-order valence-corrected chi connectivity index (χ4v) is 4.04. The zero-order valence-corrected chi connectivity index (χ0v) is 11.9. The molecule has 2 aliphatic rings. The molecule has 0 radical (unpaired) electrons. The third-order valence-electron chi connectivity index (χ3n) is 3.83. The molecule has 1 aromatic rings. The SMILES string of the molecule is C[S+](=O)([O-])N1CCCCC1c1nnc2n1CCNC2. The quantitative estimate of drug-likeness (QED) is 0.778. The smallest absolute Gasteiger partial charge is 0.155 e. The number of nitrogens with one attached hydrogen (secondary N) is 1. The number of rotatable bonds is 2. The van der Waals surface area contributed by atoms with Gasteiger partial charge in [0.1, 0.15) is 28.5 Å². The Kier molecular flexibility index (Phi) is 3.42. The van der Waals surface area contributed by atoms with E-state index in [0.29, 0.717) is 13.1 Å². The van der Waals surface area contributed by atoms with Crippen LogP contribution in [0.15, 0.2) is 0 Å². The van der Waals surface area contributed by atoms with Crippen LogP contribution in [0, 0.1) is 0 Å². The molecule has 1 aromatic heterocycles. The molecule has 1 fully saturated rings. The predicted molar refractivity (Wildman–Crippen MR) is 69.8 cm³/mol. The molecule has 0 bridgehead atoms. The maximum Gasteiger partial charge on any atom is 0.155 e. The summed E-state index contributed by atoms with van der Waals surface area (Å²) in [5, 5.41) is 11.7. The number of aromatic nitrogens is 3. The maximum absolute atomic E-state index is 11.9. The van der Waals surface area contributed by atoms with Crippen molar-refractivity contribution in [2.24, 2.45) is 0 Å². The minimum Gasteiger partial charge on any atom is -0.598 e. The van der Waals surface area contributed by atoms with Crippen molar-refractivity contribution in [2.75, 3.05) is 19.3 Å². The van der Waals surface area contributed by atoms with E-state index in [1.54, 1.807) is 4.31 Å². The van der Waals surface area contributed by atoms with Gasteiger partial charge in [-0.1, -0.05) is 4.21 Å². The lowest BCUT2D eigenvalue weighted by atomic mass is 10.0. The molecule has 2 atom stereocenters. The van der Waals surface area contributed by atoms with Gasteiger partial charge in [0, 0.05) is 19.6 Å². The molecule has 1 N–H and O–H groups in total. The summed E-state index contributed by atoms with van der Waals surface area (Å²) in [6.07, 6.45) is 4.07. The molecule has 1 saturated heterocycles. The van der Waals surface area contributed by atoms with E-state index >= 15 is 0 Å². The second kappa shape index (κ2) is 4.93. The Morgan fingerprint density at radius 1 is 1.37 bits per heavy atom. The molecule has 19 heavy (non-hydrogen) atoms. The number of piperidine rings is 1. The van der Waals surface area contributed by atoms with E-state index in [2.05, 4.69) is 20.1 Å². The first-order valence-electron chi connectivity index (χ1n) is 6.67. The summed E-state index contributed by atoms with van der Waals surface area (Å²) >= 11 is 0. The van der Waals surface area contributed by atoms with Crippen molar-refractivity contribution in [3.05, 3.63) is 11.6 Å². The molecule has 0 aromatic carbocycles. The number of fused-ring (bicyclic) bond motifs is 1. The Morgan fingerprint density at radius 2 is 2.21 bits per heavy atom. The molecule has 7 nitrogen and oxygen atoms in total. The largest absolute Gasteiger partial charge is 0.598 e. The topological polar surface area (TPSA) is 86.1 Å². The van der Waals surface area contributed by atoms with Crippen LogP contribution in [0.5, 0.6) is 0 Å². The van der Waals surface area contributed by atoms with Gasteiger partial charge in [-0.15, -0.1) is 14.5 Å². The normalized spacial score (nSPS) is 27.8. The molecular weight excluding hydrogens is 266 g/mol. The highest BCUT2D eigenvalue weighted by Crippen LogP contribution is 2.33. The first kappa shape index (κ1) is 13.2. The molecule has 0 saturated carbocycles. The third-order valence-corrected chi connectivity index (χ3v) is 5.12. The van der Waals surface area contributed by atoms with Crippen LogP contribution in [-0.2, 0) is 27.7 Å². The van der Waals surface area contributed by atoms with Crippen molar-refractivity contribution < 1.29 is 8.76 Å². The number of hydrogen-bond acceptors (Lipinski definition) is 5.